The molecule has 5 aliphatic rings. The van der Waals surface area contributed by atoms with E-state index in [-0.39, 0.29) is 0 Å². The maximum absolute atomic E-state index is 4.55. The van der Waals surface area contributed by atoms with Gasteiger partial charge in [-0.15, -0.1) is 10.2 Å². The van der Waals surface area contributed by atoms with Gasteiger partial charge in [-0.05, 0) is 87.9 Å². The zero-order valence-electron chi connectivity index (χ0n) is 15.8. The Morgan fingerprint density at radius 2 is 1.60 bits per heavy atom. The van der Waals surface area contributed by atoms with Crippen molar-refractivity contribution in [2.24, 2.45) is 23.2 Å². The van der Waals surface area contributed by atoms with Gasteiger partial charge in [0.1, 0.15) is 5.82 Å². The highest BCUT2D eigenvalue weighted by molar-refractivity contribution is 7.99. The van der Waals surface area contributed by atoms with E-state index < -0.39 is 0 Å². The highest BCUT2D eigenvalue weighted by atomic mass is 32.2. The molecule has 0 atom stereocenters. The molecule has 0 amide bonds. The molecule has 0 aromatic carbocycles. The first-order chi connectivity index (χ1) is 12.2. The van der Waals surface area contributed by atoms with Crippen LogP contribution in [0.15, 0.2) is 5.16 Å². The van der Waals surface area contributed by atoms with Gasteiger partial charge in [-0.25, -0.2) is 0 Å². The SMILES string of the molecule is Cc1nnc(SCCC23CC4CC(CC(C4)C2)C3)n1C1CCCCC1. The van der Waals surface area contributed by atoms with Crippen LogP contribution in [0.2, 0.25) is 0 Å². The zero-order valence-corrected chi connectivity index (χ0v) is 16.6. The summed E-state index contributed by atoms with van der Waals surface area (Å²) in [5, 5.41) is 10.2. The third kappa shape index (κ3) is 3.17. The van der Waals surface area contributed by atoms with Crippen LogP contribution in [-0.2, 0) is 0 Å². The molecule has 0 radical (unpaired) electrons. The van der Waals surface area contributed by atoms with Gasteiger partial charge in [-0.3, -0.25) is 0 Å². The van der Waals surface area contributed by atoms with Crippen molar-refractivity contribution in [2.45, 2.75) is 95.2 Å². The Hall–Kier alpha value is -0.510. The van der Waals surface area contributed by atoms with E-state index in [1.54, 1.807) is 19.3 Å². The van der Waals surface area contributed by atoms with E-state index in [9.17, 15) is 0 Å². The minimum Gasteiger partial charge on any atom is -0.303 e. The Morgan fingerprint density at radius 3 is 2.24 bits per heavy atom. The van der Waals surface area contributed by atoms with Gasteiger partial charge in [0.05, 0.1) is 0 Å². The lowest BCUT2D eigenvalue weighted by atomic mass is 9.49. The van der Waals surface area contributed by atoms with Crippen molar-refractivity contribution in [3.63, 3.8) is 0 Å². The van der Waals surface area contributed by atoms with Gasteiger partial charge < -0.3 is 4.57 Å². The van der Waals surface area contributed by atoms with Gasteiger partial charge in [0.25, 0.3) is 0 Å². The van der Waals surface area contributed by atoms with Gasteiger partial charge in [0, 0.05) is 11.8 Å². The Bertz CT molecular complexity index is 581. The van der Waals surface area contributed by atoms with Crippen LogP contribution < -0.4 is 0 Å². The molecule has 5 aliphatic carbocycles. The minimum atomic E-state index is 0.658. The normalized spacial score (nSPS) is 37.7. The topological polar surface area (TPSA) is 30.7 Å². The Kier molecular flexibility index (Phi) is 4.38. The summed E-state index contributed by atoms with van der Waals surface area (Å²) in [5.41, 5.74) is 0.701. The quantitative estimate of drug-likeness (QED) is 0.623. The average Bonchev–Trinajstić information content (AvgIpc) is 2.95. The van der Waals surface area contributed by atoms with Crippen molar-refractivity contribution in [2.75, 3.05) is 5.75 Å². The van der Waals surface area contributed by atoms with Crippen LogP contribution in [0.4, 0.5) is 0 Å². The van der Waals surface area contributed by atoms with E-state index in [1.807, 2.05) is 11.8 Å². The zero-order chi connectivity index (χ0) is 16.9. The third-order valence-corrected chi connectivity index (χ3v) is 8.75. The largest absolute Gasteiger partial charge is 0.303 e. The van der Waals surface area contributed by atoms with Crippen LogP contribution >= 0.6 is 11.8 Å². The fourth-order valence-corrected chi connectivity index (χ4v) is 8.40. The first-order valence-corrected chi connectivity index (χ1v) is 11.7. The standard InChI is InChI=1S/C21H33N3S/c1-15-22-23-20(24(15)19-5-3-2-4-6-19)25-8-7-21-12-16-9-17(13-21)11-18(10-16)14-21/h16-19H,2-14H2,1H3. The summed E-state index contributed by atoms with van der Waals surface area (Å²) >= 11 is 2.00. The van der Waals surface area contributed by atoms with Gasteiger partial charge in [-0.1, -0.05) is 31.0 Å². The van der Waals surface area contributed by atoms with Gasteiger partial charge >= 0.3 is 0 Å². The van der Waals surface area contributed by atoms with E-state index in [4.69, 9.17) is 0 Å². The maximum Gasteiger partial charge on any atom is 0.191 e. The molecule has 1 aromatic heterocycles. The number of hydrogen-bond acceptors (Lipinski definition) is 3. The molecule has 138 valence electrons. The highest BCUT2D eigenvalue weighted by Gasteiger charge is 2.50. The molecule has 4 bridgehead atoms. The molecule has 6 rings (SSSR count). The molecular weight excluding hydrogens is 326 g/mol. The van der Waals surface area contributed by atoms with Gasteiger partial charge in [-0.2, -0.15) is 0 Å². The number of aromatic nitrogens is 3. The second-order valence-corrected chi connectivity index (χ2v) is 10.8. The number of hydrogen-bond donors (Lipinski definition) is 0. The lowest BCUT2D eigenvalue weighted by molar-refractivity contribution is -0.0538. The molecule has 0 unspecified atom stereocenters. The molecule has 5 saturated carbocycles. The fourth-order valence-electron chi connectivity index (χ4n) is 7.16. The van der Waals surface area contributed by atoms with E-state index in [2.05, 4.69) is 21.7 Å². The van der Waals surface area contributed by atoms with Crippen LogP contribution in [0.5, 0.6) is 0 Å². The van der Waals surface area contributed by atoms with Crippen molar-refractivity contribution in [3.05, 3.63) is 5.82 Å². The van der Waals surface area contributed by atoms with E-state index in [0.29, 0.717) is 11.5 Å². The molecule has 4 heteroatoms. The van der Waals surface area contributed by atoms with Crippen LogP contribution in [0.25, 0.3) is 0 Å². The summed E-state index contributed by atoms with van der Waals surface area (Å²) in [7, 11) is 0. The summed E-state index contributed by atoms with van der Waals surface area (Å²) in [6.07, 6.45) is 17.5. The summed E-state index contributed by atoms with van der Waals surface area (Å²) in [5.74, 6) is 5.60. The molecule has 0 N–H and O–H groups in total. The van der Waals surface area contributed by atoms with Gasteiger partial charge in [0.15, 0.2) is 5.16 Å². The fraction of sp³-hybridized carbons (Fsp3) is 0.905. The Labute approximate surface area is 156 Å². The van der Waals surface area contributed by atoms with Crippen molar-refractivity contribution < 1.29 is 0 Å². The third-order valence-electron chi connectivity index (χ3n) is 7.80. The number of aryl methyl sites for hydroxylation is 1. The van der Waals surface area contributed by atoms with E-state index in [1.165, 1.54) is 68.7 Å². The monoisotopic (exact) mass is 359 g/mol. The van der Waals surface area contributed by atoms with Crippen LogP contribution in [0.1, 0.15) is 88.9 Å². The summed E-state index contributed by atoms with van der Waals surface area (Å²) in [6.45, 7) is 2.14. The molecule has 0 aliphatic heterocycles. The first-order valence-electron chi connectivity index (χ1n) is 10.8. The van der Waals surface area contributed by atoms with E-state index in [0.717, 1.165) is 23.6 Å². The molecule has 25 heavy (non-hydrogen) atoms. The van der Waals surface area contributed by atoms with Crippen molar-refractivity contribution >= 4 is 11.8 Å². The second kappa shape index (κ2) is 6.58. The predicted octanol–water partition coefficient (Wildman–Crippen LogP) is 5.79. The highest BCUT2D eigenvalue weighted by Crippen LogP contribution is 2.61. The van der Waals surface area contributed by atoms with Crippen molar-refractivity contribution in [1.82, 2.24) is 14.8 Å². The molecule has 1 heterocycles. The number of nitrogens with zero attached hydrogens (tertiary/aromatic N) is 3. The summed E-state index contributed by atoms with van der Waals surface area (Å²) < 4.78 is 2.48. The molecule has 0 spiro atoms. The molecule has 3 nitrogen and oxygen atoms in total. The average molecular weight is 360 g/mol. The van der Waals surface area contributed by atoms with Crippen LogP contribution in [0.3, 0.4) is 0 Å². The summed E-state index contributed by atoms with van der Waals surface area (Å²) in [6, 6.07) is 0.658. The Morgan fingerprint density at radius 1 is 0.960 bits per heavy atom. The van der Waals surface area contributed by atoms with Crippen LogP contribution in [0, 0.1) is 30.1 Å². The predicted molar refractivity (Wildman–Crippen MR) is 103 cm³/mol. The number of rotatable bonds is 5. The smallest absolute Gasteiger partial charge is 0.191 e. The Balaban J connectivity index is 1.24. The first kappa shape index (κ1) is 16.6. The minimum absolute atomic E-state index is 0.658. The van der Waals surface area contributed by atoms with E-state index >= 15 is 0 Å². The number of thioether (sulfide) groups is 1. The van der Waals surface area contributed by atoms with Crippen molar-refractivity contribution in [1.29, 1.82) is 0 Å². The van der Waals surface area contributed by atoms with Crippen molar-refractivity contribution in [3.8, 4) is 0 Å². The molecular formula is C21H33N3S. The maximum atomic E-state index is 4.55. The summed E-state index contributed by atoms with van der Waals surface area (Å²) in [4.78, 5) is 0. The lowest BCUT2D eigenvalue weighted by Gasteiger charge is -2.57. The molecule has 1 aromatic rings. The second-order valence-electron chi connectivity index (χ2n) is 9.71. The van der Waals surface area contributed by atoms with Gasteiger partial charge in [0.2, 0.25) is 0 Å². The lowest BCUT2D eigenvalue weighted by Crippen LogP contribution is -2.46. The van der Waals surface area contributed by atoms with Crippen LogP contribution in [-0.4, -0.2) is 20.5 Å². The molecule has 0 saturated heterocycles. The molecule has 5 fully saturated rings.